The molecule has 4 heterocycles. The molecule has 0 radical (unpaired) electrons. The summed E-state index contributed by atoms with van der Waals surface area (Å²) in [5, 5.41) is 2.62. The molecule has 1 amide bonds. The lowest BCUT2D eigenvalue weighted by atomic mass is 9.93. The number of hydrogen-bond donors (Lipinski definition) is 2. The van der Waals surface area contributed by atoms with E-state index in [1.807, 2.05) is 34.5 Å². The summed E-state index contributed by atoms with van der Waals surface area (Å²) in [5.74, 6) is 0.188. The Morgan fingerprint density at radius 3 is 2.80 bits per heavy atom. The summed E-state index contributed by atoms with van der Waals surface area (Å²) in [7, 11) is 0. The van der Waals surface area contributed by atoms with Crippen LogP contribution in [0.25, 0.3) is 20.7 Å². The van der Waals surface area contributed by atoms with Crippen LogP contribution >= 0.6 is 22.7 Å². The smallest absolute Gasteiger partial charge is 0.260 e. The predicted octanol–water partition coefficient (Wildman–Crippen LogP) is 3.43. The number of nitrogens with one attached hydrogen (secondary N) is 1. The molecular formula is C22H20N4O2S2. The number of amides is 1. The molecular weight excluding hydrogens is 416 g/mol. The Labute approximate surface area is 181 Å². The molecule has 4 aromatic rings. The fraction of sp³-hybridized carbons (Fsp3) is 0.227. The SMILES string of the molecule is Cc1ccc(-c2csc3nc(CN4Cc5ccccc5CC4C(N)=O)[nH]c(=O)c23)s1. The Morgan fingerprint density at radius 2 is 2.07 bits per heavy atom. The Bertz CT molecular complexity index is 1320. The maximum atomic E-state index is 12.9. The number of carbonyl (C=O) groups is 1. The summed E-state index contributed by atoms with van der Waals surface area (Å²) in [5.41, 5.74) is 8.78. The lowest BCUT2D eigenvalue weighted by Gasteiger charge is -2.34. The fourth-order valence-electron chi connectivity index (χ4n) is 4.05. The van der Waals surface area contributed by atoms with Crippen LogP contribution in [-0.2, 0) is 24.3 Å². The first-order valence-electron chi connectivity index (χ1n) is 9.67. The van der Waals surface area contributed by atoms with Crippen LogP contribution < -0.4 is 11.3 Å². The largest absolute Gasteiger partial charge is 0.368 e. The van der Waals surface area contributed by atoms with Crippen molar-refractivity contribution in [2.75, 3.05) is 0 Å². The van der Waals surface area contributed by atoms with Gasteiger partial charge in [0.25, 0.3) is 5.56 Å². The van der Waals surface area contributed by atoms with Gasteiger partial charge < -0.3 is 10.7 Å². The maximum absolute atomic E-state index is 12.9. The second-order valence-corrected chi connectivity index (χ2v) is 9.69. The van der Waals surface area contributed by atoms with Gasteiger partial charge in [-0.2, -0.15) is 0 Å². The van der Waals surface area contributed by atoms with Crippen LogP contribution in [0.1, 0.15) is 21.8 Å². The van der Waals surface area contributed by atoms with Gasteiger partial charge in [0.2, 0.25) is 5.91 Å². The van der Waals surface area contributed by atoms with Gasteiger partial charge in [-0.25, -0.2) is 4.98 Å². The van der Waals surface area contributed by atoms with E-state index in [0.29, 0.717) is 35.6 Å². The highest BCUT2D eigenvalue weighted by Crippen LogP contribution is 2.35. The number of carbonyl (C=O) groups excluding carboxylic acids is 1. The van der Waals surface area contributed by atoms with E-state index in [9.17, 15) is 9.59 Å². The average Bonchev–Trinajstić information content (AvgIpc) is 3.33. The van der Waals surface area contributed by atoms with Gasteiger partial charge in [0.05, 0.1) is 18.0 Å². The molecule has 0 spiro atoms. The summed E-state index contributed by atoms with van der Waals surface area (Å²) in [6, 6.07) is 11.7. The van der Waals surface area contributed by atoms with Gasteiger partial charge in [-0.15, -0.1) is 22.7 Å². The zero-order chi connectivity index (χ0) is 20.8. The summed E-state index contributed by atoms with van der Waals surface area (Å²) in [6.07, 6.45) is 0.568. The number of thiophene rings is 2. The Hall–Kier alpha value is -2.81. The van der Waals surface area contributed by atoms with E-state index >= 15 is 0 Å². The standard InChI is InChI=1S/C22H20N4O2S2/c1-12-6-7-17(30-12)15-11-29-22-19(15)21(28)24-18(25-22)10-26-9-14-5-3-2-4-13(14)8-16(26)20(23)27/h2-7,11,16H,8-10H2,1H3,(H2,23,27)(H,24,25,28). The second-order valence-electron chi connectivity index (χ2n) is 7.55. The lowest BCUT2D eigenvalue weighted by Crippen LogP contribution is -2.48. The van der Waals surface area contributed by atoms with Crippen LogP contribution in [0.5, 0.6) is 0 Å². The minimum absolute atomic E-state index is 0.148. The summed E-state index contributed by atoms with van der Waals surface area (Å²) >= 11 is 3.13. The van der Waals surface area contributed by atoms with Gasteiger partial charge in [0.1, 0.15) is 10.7 Å². The topological polar surface area (TPSA) is 92.1 Å². The number of aromatic nitrogens is 2. The molecule has 1 unspecified atom stereocenters. The molecule has 0 bridgehead atoms. The minimum atomic E-state index is -0.422. The van der Waals surface area contributed by atoms with E-state index in [4.69, 9.17) is 10.7 Å². The molecule has 0 saturated carbocycles. The minimum Gasteiger partial charge on any atom is -0.368 e. The monoisotopic (exact) mass is 436 g/mol. The number of rotatable bonds is 4. The Kier molecular flexibility index (Phi) is 4.77. The van der Waals surface area contributed by atoms with E-state index in [0.717, 1.165) is 16.0 Å². The van der Waals surface area contributed by atoms with Gasteiger partial charge in [0.15, 0.2) is 0 Å². The predicted molar refractivity (Wildman–Crippen MR) is 121 cm³/mol. The molecule has 6 nitrogen and oxygen atoms in total. The second kappa shape index (κ2) is 7.46. The molecule has 3 aromatic heterocycles. The summed E-state index contributed by atoms with van der Waals surface area (Å²) in [4.78, 5) is 37.6. The van der Waals surface area contributed by atoms with Crippen molar-refractivity contribution in [3.8, 4) is 10.4 Å². The molecule has 1 aliphatic heterocycles. The van der Waals surface area contributed by atoms with Gasteiger partial charge in [-0.1, -0.05) is 24.3 Å². The molecule has 1 atom stereocenters. The number of nitrogens with two attached hydrogens (primary N) is 1. The van der Waals surface area contributed by atoms with Gasteiger partial charge >= 0.3 is 0 Å². The molecule has 0 aliphatic carbocycles. The number of fused-ring (bicyclic) bond motifs is 2. The van der Waals surface area contributed by atoms with Crippen molar-refractivity contribution in [1.82, 2.24) is 14.9 Å². The van der Waals surface area contributed by atoms with Crippen molar-refractivity contribution in [3.05, 3.63) is 74.0 Å². The van der Waals surface area contributed by atoms with Crippen molar-refractivity contribution in [2.45, 2.75) is 32.5 Å². The van der Waals surface area contributed by atoms with Crippen LogP contribution in [0.4, 0.5) is 0 Å². The molecule has 8 heteroatoms. The molecule has 152 valence electrons. The van der Waals surface area contributed by atoms with Crippen molar-refractivity contribution in [2.24, 2.45) is 5.73 Å². The number of primary amides is 1. The van der Waals surface area contributed by atoms with Crippen molar-refractivity contribution in [1.29, 1.82) is 0 Å². The normalized spacial score (nSPS) is 16.6. The van der Waals surface area contributed by atoms with E-state index in [-0.39, 0.29) is 11.5 Å². The van der Waals surface area contributed by atoms with E-state index in [2.05, 4.69) is 24.0 Å². The average molecular weight is 437 g/mol. The lowest BCUT2D eigenvalue weighted by molar-refractivity contribution is -0.124. The molecule has 0 fully saturated rings. The molecule has 1 aliphatic rings. The Balaban J connectivity index is 1.49. The first-order valence-corrected chi connectivity index (χ1v) is 11.4. The maximum Gasteiger partial charge on any atom is 0.260 e. The van der Waals surface area contributed by atoms with Crippen molar-refractivity contribution >= 4 is 38.8 Å². The number of H-pyrrole nitrogens is 1. The number of benzene rings is 1. The zero-order valence-electron chi connectivity index (χ0n) is 16.3. The summed E-state index contributed by atoms with van der Waals surface area (Å²) < 4.78 is 0. The number of hydrogen-bond acceptors (Lipinski definition) is 6. The van der Waals surface area contributed by atoms with Crippen molar-refractivity contribution < 1.29 is 4.79 Å². The highest BCUT2D eigenvalue weighted by Gasteiger charge is 2.30. The number of nitrogens with zero attached hydrogens (tertiary/aromatic N) is 2. The van der Waals surface area contributed by atoms with Crippen LogP contribution in [0.2, 0.25) is 0 Å². The molecule has 0 saturated heterocycles. The zero-order valence-corrected chi connectivity index (χ0v) is 18.0. The van der Waals surface area contributed by atoms with Gasteiger partial charge in [-0.3, -0.25) is 14.5 Å². The van der Waals surface area contributed by atoms with Crippen LogP contribution in [0.3, 0.4) is 0 Å². The number of aryl methyl sites for hydroxylation is 1. The fourth-order valence-corrected chi connectivity index (χ4v) is 5.97. The Morgan fingerprint density at radius 1 is 1.27 bits per heavy atom. The quantitative estimate of drug-likeness (QED) is 0.513. The van der Waals surface area contributed by atoms with Crippen LogP contribution in [0.15, 0.2) is 46.6 Å². The van der Waals surface area contributed by atoms with Crippen LogP contribution in [-0.4, -0.2) is 26.8 Å². The van der Waals surface area contributed by atoms with E-state index < -0.39 is 6.04 Å². The van der Waals surface area contributed by atoms with Crippen LogP contribution in [0, 0.1) is 6.92 Å². The van der Waals surface area contributed by atoms with Crippen molar-refractivity contribution in [3.63, 3.8) is 0 Å². The highest BCUT2D eigenvalue weighted by atomic mass is 32.1. The van der Waals surface area contributed by atoms with E-state index in [1.165, 1.54) is 21.8 Å². The number of aromatic amines is 1. The third-order valence-electron chi connectivity index (χ3n) is 5.53. The van der Waals surface area contributed by atoms with Gasteiger partial charge in [0, 0.05) is 27.2 Å². The molecule has 1 aromatic carbocycles. The molecule has 30 heavy (non-hydrogen) atoms. The highest BCUT2D eigenvalue weighted by molar-refractivity contribution is 7.19. The molecule has 3 N–H and O–H groups in total. The van der Waals surface area contributed by atoms with Gasteiger partial charge in [-0.05, 0) is 36.6 Å². The third kappa shape index (κ3) is 3.36. The summed E-state index contributed by atoms with van der Waals surface area (Å²) in [6.45, 7) is 3.00. The van der Waals surface area contributed by atoms with E-state index in [1.54, 1.807) is 11.3 Å². The molecule has 5 rings (SSSR count). The third-order valence-corrected chi connectivity index (χ3v) is 7.43. The first-order chi connectivity index (χ1) is 14.5. The first kappa shape index (κ1) is 19.2.